The molecule has 1 aliphatic carbocycles. The molecule has 0 saturated heterocycles. The molecular formula is C15H21NO5. The summed E-state index contributed by atoms with van der Waals surface area (Å²) in [5.41, 5.74) is 0.378. The molecule has 2 atom stereocenters. The lowest BCUT2D eigenvalue weighted by Crippen LogP contribution is -2.43. The van der Waals surface area contributed by atoms with E-state index in [0.29, 0.717) is 12.1 Å². The van der Waals surface area contributed by atoms with Gasteiger partial charge in [0.2, 0.25) is 0 Å². The lowest BCUT2D eigenvalue weighted by atomic mass is 9.76. The first-order valence-corrected chi connectivity index (χ1v) is 7.00. The first kappa shape index (κ1) is 17.1. The predicted molar refractivity (Wildman–Crippen MR) is 76.7 cm³/mol. The van der Waals surface area contributed by atoms with Crippen LogP contribution in [0.2, 0.25) is 0 Å². The molecule has 1 aliphatic rings. The molecule has 0 aromatic rings. The number of methoxy groups -OCH3 is 1. The Kier molecular flexibility index (Phi) is 6.78. The third-order valence-electron chi connectivity index (χ3n) is 3.33. The van der Waals surface area contributed by atoms with Gasteiger partial charge < -0.3 is 9.57 Å². The van der Waals surface area contributed by atoms with Gasteiger partial charge >= 0.3 is 5.97 Å². The predicted octanol–water partition coefficient (Wildman–Crippen LogP) is 1.68. The van der Waals surface area contributed by atoms with E-state index in [4.69, 9.17) is 4.84 Å². The highest BCUT2D eigenvalue weighted by molar-refractivity contribution is 6.25. The van der Waals surface area contributed by atoms with Crippen LogP contribution in [-0.4, -0.2) is 37.0 Å². The maximum atomic E-state index is 12.4. The number of hydrogen-bond acceptors (Lipinski definition) is 6. The highest BCUT2D eigenvalue weighted by Crippen LogP contribution is 2.26. The topological polar surface area (TPSA) is 82.0 Å². The fourth-order valence-electron chi connectivity index (χ4n) is 2.33. The van der Waals surface area contributed by atoms with Gasteiger partial charge in [-0.3, -0.25) is 14.4 Å². The molecule has 0 aromatic carbocycles. The molecular weight excluding hydrogens is 274 g/mol. The summed E-state index contributed by atoms with van der Waals surface area (Å²) < 4.78 is 4.63. The van der Waals surface area contributed by atoms with Gasteiger partial charge in [0, 0.05) is 6.42 Å². The van der Waals surface area contributed by atoms with Crippen molar-refractivity contribution in [2.24, 2.45) is 17.0 Å². The van der Waals surface area contributed by atoms with Gasteiger partial charge in [-0.1, -0.05) is 31.2 Å². The molecule has 0 heterocycles. The number of rotatable bonds is 7. The molecule has 0 radical (unpaired) electrons. The van der Waals surface area contributed by atoms with Crippen LogP contribution in [0.4, 0.5) is 0 Å². The average molecular weight is 295 g/mol. The lowest BCUT2D eigenvalue weighted by Gasteiger charge is -2.25. The molecule has 6 nitrogen and oxygen atoms in total. The molecule has 6 heteroatoms. The standard InChI is InChI=1S/C15H21NO5/c1-4-6-11(16-21-9-5-2)13-12(17)8-7-10(14(13)18)15(19)20-3/h5,10,13H,2,4,6-9H2,1,3H3/b16-11+. The molecule has 0 aromatic heterocycles. The Bertz CT molecular complexity index is 455. The summed E-state index contributed by atoms with van der Waals surface area (Å²) in [4.78, 5) is 41.1. The molecule has 21 heavy (non-hydrogen) atoms. The normalized spacial score (nSPS) is 22.9. The third-order valence-corrected chi connectivity index (χ3v) is 3.33. The number of Topliss-reactive ketones (excluding diaryl/α,β-unsaturated/α-hetero) is 2. The molecule has 2 unspecified atom stereocenters. The van der Waals surface area contributed by atoms with Gasteiger partial charge in [0.1, 0.15) is 24.2 Å². The average Bonchev–Trinajstić information content (AvgIpc) is 2.47. The van der Waals surface area contributed by atoms with Crippen molar-refractivity contribution >= 4 is 23.2 Å². The Morgan fingerprint density at radius 1 is 1.48 bits per heavy atom. The molecule has 1 saturated carbocycles. The Labute approximate surface area is 124 Å². The van der Waals surface area contributed by atoms with Crippen molar-refractivity contribution in [1.82, 2.24) is 0 Å². The van der Waals surface area contributed by atoms with Crippen molar-refractivity contribution in [1.29, 1.82) is 0 Å². The summed E-state index contributed by atoms with van der Waals surface area (Å²) in [6.45, 7) is 5.62. The number of carbonyl (C=O) groups excluding carboxylic acids is 3. The Hall–Kier alpha value is -1.98. The number of ketones is 2. The van der Waals surface area contributed by atoms with Gasteiger partial charge in [0.05, 0.1) is 12.8 Å². The van der Waals surface area contributed by atoms with E-state index in [0.717, 1.165) is 6.42 Å². The SMILES string of the molecule is C=CCO/N=C(\CCC)C1C(=O)CCC(C(=O)OC)C1=O. The second-order valence-corrected chi connectivity index (χ2v) is 4.83. The van der Waals surface area contributed by atoms with Crippen LogP contribution < -0.4 is 0 Å². The minimum Gasteiger partial charge on any atom is -0.468 e. The third kappa shape index (κ3) is 4.24. The summed E-state index contributed by atoms with van der Waals surface area (Å²) in [7, 11) is 1.23. The van der Waals surface area contributed by atoms with E-state index in [-0.39, 0.29) is 25.2 Å². The lowest BCUT2D eigenvalue weighted by molar-refractivity contribution is -0.152. The van der Waals surface area contributed by atoms with Gasteiger partial charge in [0.25, 0.3) is 0 Å². The molecule has 0 aliphatic heterocycles. The quantitative estimate of drug-likeness (QED) is 0.178. The van der Waals surface area contributed by atoms with Crippen LogP contribution in [-0.2, 0) is 24.0 Å². The van der Waals surface area contributed by atoms with Crippen molar-refractivity contribution in [2.45, 2.75) is 32.6 Å². The maximum absolute atomic E-state index is 12.4. The van der Waals surface area contributed by atoms with Crippen LogP contribution in [0.15, 0.2) is 17.8 Å². The summed E-state index contributed by atoms with van der Waals surface area (Å²) in [5, 5.41) is 3.90. The molecule has 116 valence electrons. The molecule has 1 fully saturated rings. The molecule has 0 amide bonds. The van der Waals surface area contributed by atoms with Crippen LogP contribution in [0.1, 0.15) is 32.6 Å². The van der Waals surface area contributed by atoms with Crippen molar-refractivity contribution in [3.8, 4) is 0 Å². The van der Waals surface area contributed by atoms with E-state index in [2.05, 4.69) is 16.5 Å². The van der Waals surface area contributed by atoms with Crippen molar-refractivity contribution in [3.63, 3.8) is 0 Å². The fourth-order valence-corrected chi connectivity index (χ4v) is 2.33. The molecule has 0 N–H and O–H groups in total. The minimum absolute atomic E-state index is 0.167. The van der Waals surface area contributed by atoms with Gasteiger partial charge in [-0.25, -0.2) is 0 Å². The summed E-state index contributed by atoms with van der Waals surface area (Å²) >= 11 is 0. The van der Waals surface area contributed by atoms with E-state index >= 15 is 0 Å². The largest absolute Gasteiger partial charge is 0.468 e. The zero-order chi connectivity index (χ0) is 15.8. The molecule has 0 spiro atoms. The van der Waals surface area contributed by atoms with Crippen LogP contribution >= 0.6 is 0 Å². The second-order valence-electron chi connectivity index (χ2n) is 4.83. The fraction of sp³-hybridized carbons (Fsp3) is 0.600. The summed E-state index contributed by atoms with van der Waals surface area (Å²) in [6, 6.07) is 0. The Morgan fingerprint density at radius 3 is 2.76 bits per heavy atom. The smallest absolute Gasteiger partial charge is 0.316 e. The van der Waals surface area contributed by atoms with Gasteiger partial charge in [-0.05, 0) is 12.8 Å². The van der Waals surface area contributed by atoms with Crippen LogP contribution in [0.25, 0.3) is 0 Å². The van der Waals surface area contributed by atoms with Crippen LogP contribution in [0.5, 0.6) is 0 Å². The van der Waals surface area contributed by atoms with Crippen LogP contribution in [0, 0.1) is 11.8 Å². The monoisotopic (exact) mass is 295 g/mol. The van der Waals surface area contributed by atoms with E-state index in [1.165, 1.54) is 13.2 Å². The van der Waals surface area contributed by atoms with Crippen molar-refractivity contribution in [3.05, 3.63) is 12.7 Å². The Morgan fingerprint density at radius 2 is 2.19 bits per heavy atom. The number of nitrogens with zero attached hydrogens (tertiary/aromatic N) is 1. The highest BCUT2D eigenvalue weighted by Gasteiger charge is 2.43. The maximum Gasteiger partial charge on any atom is 0.316 e. The van der Waals surface area contributed by atoms with Crippen LogP contribution in [0.3, 0.4) is 0 Å². The molecule has 0 bridgehead atoms. The van der Waals surface area contributed by atoms with Gasteiger partial charge in [-0.2, -0.15) is 0 Å². The highest BCUT2D eigenvalue weighted by atomic mass is 16.6. The minimum atomic E-state index is -0.993. The first-order valence-electron chi connectivity index (χ1n) is 7.00. The zero-order valence-corrected chi connectivity index (χ0v) is 12.5. The number of oxime groups is 1. The first-order chi connectivity index (χ1) is 10.1. The number of esters is 1. The van der Waals surface area contributed by atoms with Crippen molar-refractivity contribution < 1.29 is 24.0 Å². The van der Waals surface area contributed by atoms with Gasteiger partial charge in [-0.15, -0.1) is 0 Å². The van der Waals surface area contributed by atoms with E-state index in [1.54, 1.807) is 0 Å². The summed E-state index contributed by atoms with van der Waals surface area (Å²) in [5.74, 6) is -3.13. The molecule has 1 rings (SSSR count). The number of ether oxygens (including phenoxy) is 1. The zero-order valence-electron chi connectivity index (χ0n) is 12.5. The van der Waals surface area contributed by atoms with E-state index < -0.39 is 23.6 Å². The van der Waals surface area contributed by atoms with Crippen molar-refractivity contribution in [2.75, 3.05) is 13.7 Å². The van der Waals surface area contributed by atoms with E-state index in [1.807, 2.05) is 6.92 Å². The van der Waals surface area contributed by atoms with Gasteiger partial charge in [0.15, 0.2) is 5.78 Å². The Balaban J connectivity index is 2.99. The second kappa shape index (κ2) is 8.34. The summed E-state index contributed by atoms with van der Waals surface area (Å²) in [6.07, 6.45) is 3.08. The van der Waals surface area contributed by atoms with E-state index in [9.17, 15) is 14.4 Å². The number of carbonyl (C=O) groups is 3. The number of hydrogen-bond donors (Lipinski definition) is 0.